The van der Waals surface area contributed by atoms with E-state index in [1.165, 1.54) is 15.6 Å². The Morgan fingerprint density at radius 2 is 1.77 bits per heavy atom. The average Bonchev–Trinajstić information content (AvgIpc) is 3.08. The van der Waals surface area contributed by atoms with E-state index in [1.54, 1.807) is 17.0 Å². The van der Waals surface area contributed by atoms with Gasteiger partial charge in [0.15, 0.2) is 0 Å². The van der Waals surface area contributed by atoms with Crippen molar-refractivity contribution in [3.05, 3.63) is 46.8 Å². The Hall–Kier alpha value is -1.90. The molecule has 0 unspecified atom stereocenters. The molecule has 1 amide bonds. The number of piperazine rings is 1. The van der Waals surface area contributed by atoms with E-state index in [9.17, 15) is 13.2 Å². The standard InChI is InChI=1S/C18H23N3O3S2/c1-14-7-8-17(25-14)26(23,24)21-11-9-20(10-12-21)18(22)15-5-4-6-16(13-15)19(2)3/h4-8,13H,9-12H2,1-3H3. The second-order valence-corrected chi connectivity index (χ2v) is 9.96. The van der Waals surface area contributed by atoms with E-state index < -0.39 is 10.0 Å². The number of thiophene rings is 1. The van der Waals surface area contributed by atoms with Crippen molar-refractivity contribution >= 4 is 33.0 Å². The molecule has 26 heavy (non-hydrogen) atoms. The molecule has 140 valence electrons. The largest absolute Gasteiger partial charge is 0.378 e. The fourth-order valence-electron chi connectivity index (χ4n) is 2.91. The highest BCUT2D eigenvalue weighted by molar-refractivity contribution is 7.91. The topological polar surface area (TPSA) is 60.9 Å². The van der Waals surface area contributed by atoms with Gasteiger partial charge in [-0.25, -0.2) is 8.42 Å². The lowest BCUT2D eigenvalue weighted by molar-refractivity contribution is 0.0698. The molecule has 6 nitrogen and oxygen atoms in total. The second kappa shape index (κ2) is 7.38. The highest BCUT2D eigenvalue weighted by Gasteiger charge is 2.31. The van der Waals surface area contributed by atoms with E-state index in [4.69, 9.17) is 0 Å². The van der Waals surface area contributed by atoms with Crippen LogP contribution in [0.5, 0.6) is 0 Å². The molecule has 0 atom stereocenters. The third-order valence-corrected chi connectivity index (χ3v) is 7.81. The van der Waals surface area contributed by atoms with Crippen molar-refractivity contribution in [1.82, 2.24) is 9.21 Å². The maximum absolute atomic E-state index is 12.7. The molecule has 1 saturated heterocycles. The minimum absolute atomic E-state index is 0.0577. The molecule has 0 radical (unpaired) electrons. The summed E-state index contributed by atoms with van der Waals surface area (Å²) in [5, 5.41) is 0. The van der Waals surface area contributed by atoms with Gasteiger partial charge in [0.25, 0.3) is 15.9 Å². The van der Waals surface area contributed by atoms with E-state index in [1.807, 2.05) is 50.2 Å². The molecular weight excluding hydrogens is 370 g/mol. The van der Waals surface area contributed by atoms with Crippen molar-refractivity contribution < 1.29 is 13.2 Å². The van der Waals surface area contributed by atoms with Crippen molar-refractivity contribution in [3.8, 4) is 0 Å². The summed E-state index contributed by atoms with van der Waals surface area (Å²) in [5.41, 5.74) is 1.59. The van der Waals surface area contributed by atoms with Crippen LogP contribution in [0.25, 0.3) is 0 Å². The molecular formula is C18H23N3O3S2. The zero-order chi connectivity index (χ0) is 18.9. The number of hydrogen-bond acceptors (Lipinski definition) is 5. The summed E-state index contributed by atoms with van der Waals surface area (Å²) >= 11 is 1.28. The summed E-state index contributed by atoms with van der Waals surface area (Å²) in [4.78, 5) is 17.4. The van der Waals surface area contributed by atoms with E-state index in [2.05, 4.69) is 0 Å². The first kappa shape index (κ1) is 18.9. The first-order valence-corrected chi connectivity index (χ1v) is 10.7. The van der Waals surface area contributed by atoms with Crippen LogP contribution in [-0.2, 0) is 10.0 Å². The van der Waals surface area contributed by atoms with Crippen LogP contribution < -0.4 is 4.90 Å². The van der Waals surface area contributed by atoms with Crippen LogP contribution in [0, 0.1) is 6.92 Å². The molecule has 0 aliphatic carbocycles. The zero-order valence-electron chi connectivity index (χ0n) is 15.2. The van der Waals surface area contributed by atoms with Crippen molar-refractivity contribution in [2.75, 3.05) is 45.2 Å². The van der Waals surface area contributed by atoms with Crippen molar-refractivity contribution in [3.63, 3.8) is 0 Å². The number of benzene rings is 1. The number of rotatable bonds is 4. The van der Waals surface area contributed by atoms with Gasteiger partial charge in [-0.3, -0.25) is 4.79 Å². The summed E-state index contributed by atoms with van der Waals surface area (Å²) in [6.07, 6.45) is 0. The summed E-state index contributed by atoms with van der Waals surface area (Å²) < 4.78 is 27.2. The smallest absolute Gasteiger partial charge is 0.254 e. The van der Waals surface area contributed by atoms with Crippen LogP contribution >= 0.6 is 11.3 Å². The summed E-state index contributed by atoms with van der Waals surface area (Å²) in [7, 11) is 0.394. The lowest BCUT2D eigenvalue weighted by Crippen LogP contribution is -2.50. The van der Waals surface area contributed by atoms with Crippen molar-refractivity contribution in [1.29, 1.82) is 0 Å². The van der Waals surface area contributed by atoms with E-state index in [0.29, 0.717) is 36.0 Å². The number of anilines is 1. The Morgan fingerprint density at radius 3 is 2.35 bits per heavy atom. The predicted molar refractivity (Wildman–Crippen MR) is 104 cm³/mol. The number of nitrogens with zero attached hydrogens (tertiary/aromatic N) is 3. The molecule has 0 bridgehead atoms. The lowest BCUT2D eigenvalue weighted by atomic mass is 10.1. The molecule has 2 aromatic rings. The van der Waals surface area contributed by atoms with Crippen LogP contribution in [0.3, 0.4) is 0 Å². The molecule has 1 fully saturated rings. The van der Waals surface area contributed by atoms with Crippen LogP contribution in [0.15, 0.2) is 40.6 Å². The Bertz CT molecular complexity index is 898. The maximum Gasteiger partial charge on any atom is 0.254 e. The highest BCUT2D eigenvalue weighted by atomic mass is 32.2. The molecule has 2 heterocycles. The van der Waals surface area contributed by atoms with Gasteiger partial charge in [-0.05, 0) is 37.3 Å². The third kappa shape index (κ3) is 3.77. The summed E-state index contributed by atoms with van der Waals surface area (Å²) in [6, 6.07) is 10.9. The quantitative estimate of drug-likeness (QED) is 0.800. The van der Waals surface area contributed by atoms with Gasteiger partial charge in [-0.2, -0.15) is 4.31 Å². The first-order chi connectivity index (χ1) is 12.3. The number of amides is 1. The number of carbonyl (C=O) groups is 1. The molecule has 1 aliphatic heterocycles. The zero-order valence-corrected chi connectivity index (χ0v) is 16.8. The molecule has 0 saturated carbocycles. The Labute approximate surface area is 158 Å². The van der Waals surface area contributed by atoms with Gasteiger partial charge < -0.3 is 9.80 Å². The van der Waals surface area contributed by atoms with Gasteiger partial charge >= 0.3 is 0 Å². The highest BCUT2D eigenvalue weighted by Crippen LogP contribution is 2.25. The minimum Gasteiger partial charge on any atom is -0.378 e. The van der Waals surface area contributed by atoms with Gasteiger partial charge in [-0.1, -0.05) is 6.07 Å². The fourth-order valence-corrected chi connectivity index (χ4v) is 5.77. The van der Waals surface area contributed by atoms with Crippen LogP contribution in [0.4, 0.5) is 5.69 Å². The van der Waals surface area contributed by atoms with Gasteiger partial charge in [0.05, 0.1) is 0 Å². The maximum atomic E-state index is 12.7. The van der Waals surface area contributed by atoms with E-state index >= 15 is 0 Å². The number of carbonyl (C=O) groups excluding carboxylic acids is 1. The Kier molecular flexibility index (Phi) is 5.36. The monoisotopic (exact) mass is 393 g/mol. The van der Waals surface area contributed by atoms with E-state index in [-0.39, 0.29) is 5.91 Å². The first-order valence-electron chi connectivity index (χ1n) is 8.42. The van der Waals surface area contributed by atoms with Gasteiger partial charge in [-0.15, -0.1) is 11.3 Å². The Balaban J connectivity index is 1.68. The lowest BCUT2D eigenvalue weighted by Gasteiger charge is -2.33. The van der Waals surface area contributed by atoms with Gasteiger partial charge in [0, 0.05) is 56.4 Å². The van der Waals surface area contributed by atoms with Crippen LogP contribution in [-0.4, -0.2) is 63.8 Å². The third-order valence-electron chi connectivity index (χ3n) is 4.45. The molecule has 1 aliphatic rings. The van der Waals surface area contributed by atoms with Crippen molar-refractivity contribution in [2.45, 2.75) is 11.1 Å². The normalized spacial score (nSPS) is 15.9. The Morgan fingerprint density at radius 1 is 1.08 bits per heavy atom. The summed E-state index contributed by atoms with van der Waals surface area (Å²) in [6.45, 7) is 3.32. The molecule has 8 heteroatoms. The molecule has 3 rings (SSSR count). The van der Waals surface area contributed by atoms with Crippen LogP contribution in [0.2, 0.25) is 0 Å². The van der Waals surface area contributed by atoms with Crippen LogP contribution in [0.1, 0.15) is 15.2 Å². The molecule has 0 spiro atoms. The van der Waals surface area contributed by atoms with Gasteiger partial charge in [0.2, 0.25) is 0 Å². The predicted octanol–water partition coefficient (Wildman–Crippen LogP) is 2.27. The van der Waals surface area contributed by atoms with Crippen molar-refractivity contribution in [2.24, 2.45) is 0 Å². The number of sulfonamides is 1. The molecule has 1 aromatic heterocycles. The van der Waals surface area contributed by atoms with Gasteiger partial charge in [0.1, 0.15) is 4.21 Å². The SMILES string of the molecule is Cc1ccc(S(=O)(=O)N2CCN(C(=O)c3cccc(N(C)C)c3)CC2)s1. The second-order valence-electron chi connectivity index (χ2n) is 6.51. The molecule has 1 aromatic carbocycles. The number of hydrogen-bond donors (Lipinski definition) is 0. The average molecular weight is 394 g/mol. The minimum atomic E-state index is -3.47. The van der Waals surface area contributed by atoms with E-state index in [0.717, 1.165) is 10.6 Å². The fraction of sp³-hybridized carbons (Fsp3) is 0.389. The molecule has 0 N–H and O–H groups in total. The number of aryl methyl sites for hydroxylation is 1. The summed E-state index contributed by atoms with van der Waals surface area (Å²) in [5.74, 6) is -0.0577.